The normalized spacial score (nSPS) is 23.1. The van der Waals surface area contributed by atoms with Gasteiger partial charge in [0.2, 0.25) is 0 Å². The van der Waals surface area contributed by atoms with E-state index >= 15 is 0 Å². The van der Waals surface area contributed by atoms with Crippen LogP contribution in [0, 0.1) is 5.92 Å². The first-order valence-corrected chi connectivity index (χ1v) is 9.64. The Balaban J connectivity index is 1.93. The van der Waals surface area contributed by atoms with Crippen molar-refractivity contribution in [1.29, 1.82) is 0 Å². The van der Waals surface area contributed by atoms with Gasteiger partial charge in [0.15, 0.2) is 0 Å². The number of ether oxygens (including phenoxy) is 1. The molecule has 2 aromatic rings. The van der Waals surface area contributed by atoms with Crippen LogP contribution in [0.1, 0.15) is 51.3 Å². The molecule has 2 N–H and O–H groups in total. The molecule has 1 aliphatic heterocycles. The highest BCUT2D eigenvalue weighted by atomic mass is 16.6. The van der Waals surface area contributed by atoms with Crippen molar-refractivity contribution in [2.45, 2.75) is 51.4 Å². The van der Waals surface area contributed by atoms with Crippen LogP contribution in [0.3, 0.4) is 0 Å². The van der Waals surface area contributed by atoms with Gasteiger partial charge in [-0.25, -0.2) is 0 Å². The van der Waals surface area contributed by atoms with Gasteiger partial charge in [-0.1, -0.05) is 67.6 Å². The smallest absolute Gasteiger partial charge is 0.314 e. The highest BCUT2D eigenvalue weighted by molar-refractivity contribution is 5.76. The van der Waals surface area contributed by atoms with Crippen LogP contribution in [0.25, 0.3) is 0 Å². The van der Waals surface area contributed by atoms with Crippen LogP contribution in [-0.4, -0.2) is 28.7 Å². The van der Waals surface area contributed by atoms with Gasteiger partial charge in [0.25, 0.3) is 0 Å². The van der Waals surface area contributed by atoms with Crippen LogP contribution in [0.5, 0.6) is 0 Å². The first kappa shape index (κ1) is 19.6. The van der Waals surface area contributed by atoms with E-state index in [1.807, 2.05) is 64.1 Å². The third kappa shape index (κ3) is 3.92. The van der Waals surface area contributed by atoms with Gasteiger partial charge in [-0.2, -0.15) is 0 Å². The standard InChI is InChI=1S/C23H30N2O2/c1-5-23(24)19(21(26)27-22(2,3)4)16-25(23)20(17-12-8-6-9-13-17)18-14-10-7-11-15-18/h6-15,19-20H,5,16,24H2,1-4H3. The number of rotatable bonds is 5. The average Bonchev–Trinajstić information content (AvgIpc) is 2.63. The number of nitrogens with zero attached hydrogens (tertiary/aromatic N) is 1. The van der Waals surface area contributed by atoms with Crippen molar-refractivity contribution in [1.82, 2.24) is 4.90 Å². The molecule has 1 fully saturated rings. The van der Waals surface area contributed by atoms with Gasteiger partial charge in [0.1, 0.15) is 11.5 Å². The summed E-state index contributed by atoms with van der Waals surface area (Å²) >= 11 is 0. The zero-order valence-electron chi connectivity index (χ0n) is 16.7. The van der Waals surface area contributed by atoms with Gasteiger partial charge in [-0.05, 0) is 38.3 Å². The predicted octanol–water partition coefficient (Wildman–Crippen LogP) is 4.11. The van der Waals surface area contributed by atoms with E-state index in [0.29, 0.717) is 13.0 Å². The first-order chi connectivity index (χ1) is 12.8. The molecule has 1 heterocycles. The number of carbonyl (C=O) groups excluding carboxylic acids is 1. The summed E-state index contributed by atoms with van der Waals surface area (Å²) in [7, 11) is 0. The Hall–Kier alpha value is -2.17. The predicted molar refractivity (Wildman–Crippen MR) is 108 cm³/mol. The lowest BCUT2D eigenvalue weighted by molar-refractivity contribution is -0.186. The molecule has 1 aliphatic rings. The maximum absolute atomic E-state index is 12.7. The molecule has 0 aromatic heterocycles. The number of benzene rings is 2. The Kier molecular flexibility index (Phi) is 5.41. The van der Waals surface area contributed by atoms with Crippen molar-refractivity contribution >= 4 is 5.97 Å². The van der Waals surface area contributed by atoms with Gasteiger partial charge in [0, 0.05) is 6.54 Å². The molecule has 4 heteroatoms. The Morgan fingerprint density at radius 3 is 2.00 bits per heavy atom. The monoisotopic (exact) mass is 366 g/mol. The number of hydrogen-bond acceptors (Lipinski definition) is 4. The SMILES string of the molecule is CCC1(N)C(C(=O)OC(C)(C)C)CN1C(c1ccccc1)c1ccccc1. The van der Waals surface area contributed by atoms with Crippen LogP contribution in [0.4, 0.5) is 0 Å². The first-order valence-electron chi connectivity index (χ1n) is 9.64. The lowest BCUT2D eigenvalue weighted by atomic mass is 9.76. The fraction of sp³-hybridized carbons (Fsp3) is 0.435. The lowest BCUT2D eigenvalue weighted by Crippen LogP contribution is -2.75. The fourth-order valence-electron chi connectivity index (χ4n) is 3.88. The highest BCUT2D eigenvalue weighted by Gasteiger charge is 2.57. The van der Waals surface area contributed by atoms with E-state index in [4.69, 9.17) is 10.5 Å². The van der Waals surface area contributed by atoms with Crippen LogP contribution in [0.15, 0.2) is 60.7 Å². The summed E-state index contributed by atoms with van der Waals surface area (Å²) in [5.74, 6) is -0.528. The zero-order valence-corrected chi connectivity index (χ0v) is 16.7. The van der Waals surface area contributed by atoms with E-state index in [1.54, 1.807) is 0 Å². The minimum Gasteiger partial charge on any atom is -0.460 e. The van der Waals surface area contributed by atoms with Gasteiger partial charge < -0.3 is 10.5 Å². The zero-order chi connectivity index (χ0) is 19.7. The van der Waals surface area contributed by atoms with Crippen molar-refractivity contribution in [2.75, 3.05) is 6.54 Å². The van der Waals surface area contributed by atoms with Gasteiger partial charge in [0.05, 0.1) is 11.7 Å². The van der Waals surface area contributed by atoms with Gasteiger partial charge in [-0.3, -0.25) is 9.69 Å². The van der Waals surface area contributed by atoms with Crippen LogP contribution >= 0.6 is 0 Å². The van der Waals surface area contributed by atoms with E-state index in [9.17, 15) is 4.79 Å². The number of esters is 1. The Morgan fingerprint density at radius 2 is 1.59 bits per heavy atom. The number of carbonyl (C=O) groups is 1. The summed E-state index contributed by atoms with van der Waals surface area (Å²) in [5, 5.41) is 0. The van der Waals surface area contributed by atoms with Crippen molar-refractivity contribution < 1.29 is 9.53 Å². The molecule has 0 saturated carbocycles. The summed E-state index contributed by atoms with van der Waals surface area (Å²) in [6, 6.07) is 20.7. The third-order valence-corrected chi connectivity index (χ3v) is 5.32. The number of hydrogen-bond donors (Lipinski definition) is 1. The summed E-state index contributed by atoms with van der Waals surface area (Å²) in [6.07, 6.45) is 0.674. The van der Waals surface area contributed by atoms with E-state index < -0.39 is 11.3 Å². The van der Waals surface area contributed by atoms with Crippen LogP contribution < -0.4 is 5.73 Å². The van der Waals surface area contributed by atoms with E-state index in [2.05, 4.69) is 29.2 Å². The Labute approximate surface area is 162 Å². The molecule has 0 amide bonds. The van der Waals surface area contributed by atoms with Crippen LogP contribution in [0.2, 0.25) is 0 Å². The molecular weight excluding hydrogens is 336 g/mol. The molecule has 0 radical (unpaired) electrons. The summed E-state index contributed by atoms with van der Waals surface area (Å²) in [4.78, 5) is 15.0. The van der Waals surface area contributed by atoms with Gasteiger partial charge in [-0.15, -0.1) is 0 Å². The van der Waals surface area contributed by atoms with Gasteiger partial charge >= 0.3 is 5.97 Å². The van der Waals surface area contributed by atoms with E-state index in [-0.39, 0.29) is 17.9 Å². The molecule has 144 valence electrons. The second-order valence-corrected chi connectivity index (χ2v) is 8.31. The van der Waals surface area contributed by atoms with Crippen molar-refractivity contribution in [3.8, 4) is 0 Å². The van der Waals surface area contributed by atoms with Crippen molar-refractivity contribution in [3.63, 3.8) is 0 Å². The largest absolute Gasteiger partial charge is 0.460 e. The van der Waals surface area contributed by atoms with Crippen molar-refractivity contribution in [3.05, 3.63) is 71.8 Å². The molecule has 3 rings (SSSR count). The summed E-state index contributed by atoms with van der Waals surface area (Å²) in [5.41, 5.74) is 7.93. The van der Waals surface area contributed by atoms with E-state index in [0.717, 1.165) is 0 Å². The maximum Gasteiger partial charge on any atom is 0.314 e. The molecule has 4 nitrogen and oxygen atoms in total. The second-order valence-electron chi connectivity index (χ2n) is 8.31. The number of likely N-dealkylation sites (tertiary alicyclic amines) is 1. The Morgan fingerprint density at radius 1 is 1.11 bits per heavy atom. The molecule has 1 saturated heterocycles. The maximum atomic E-state index is 12.7. The van der Waals surface area contributed by atoms with Crippen molar-refractivity contribution in [2.24, 2.45) is 11.7 Å². The average molecular weight is 367 g/mol. The molecular formula is C23H30N2O2. The molecule has 0 bridgehead atoms. The second kappa shape index (κ2) is 7.45. The topological polar surface area (TPSA) is 55.6 Å². The summed E-state index contributed by atoms with van der Waals surface area (Å²) in [6.45, 7) is 8.30. The highest BCUT2D eigenvalue weighted by Crippen LogP contribution is 2.45. The quantitative estimate of drug-likeness (QED) is 0.809. The Bertz CT molecular complexity index is 730. The minimum absolute atomic E-state index is 0.0102. The van der Waals surface area contributed by atoms with Crippen LogP contribution in [-0.2, 0) is 9.53 Å². The molecule has 0 aliphatic carbocycles. The third-order valence-electron chi connectivity index (χ3n) is 5.32. The molecule has 27 heavy (non-hydrogen) atoms. The molecule has 2 atom stereocenters. The number of nitrogens with two attached hydrogens (primary N) is 1. The fourth-order valence-corrected chi connectivity index (χ4v) is 3.88. The minimum atomic E-state index is -0.724. The lowest BCUT2D eigenvalue weighted by Gasteiger charge is -2.58. The molecule has 2 unspecified atom stereocenters. The van der Waals surface area contributed by atoms with E-state index in [1.165, 1.54) is 11.1 Å². The summed E-state index contributed by atoms with van der Waals surface area (Å²) < 4.78 is 5.63. The molecule has 0 spiro atoms. The molecule has 2 aromatic carbocycles.